The summed E-state index contributed by atoms with van der Waals surface area (Å²) in [5.41, 5.74) is 0.507. The molecule has 0 spiro atoms. The molecule has 0 aliphatic heterocycles. The van der Waals surface area contributed by atoms with Crippen molar-refractivity contribution in [2.45, 2.75) is 10.6 Å². The van der Waals surface area contributed by atoms with Gasteiger partial charge in [0, 0.05) is 10.6 Å². The average molecular weight is 259 g/mol. The Morgan fingerprint density at radius 3 is 2.67 bits per heavy atom. The summed E-state index contributed by atoms with van der Waals surface area (Å²) >= 11 is 1.33. The zero-order valence-corrected chi connectivity index (χ0v) is 10.2. The van der Waals surface area contributed by atoms with E-state index in [1.165, 1.54) is 17.8 Å². The second-order valence-electron chi connectivity index (χ2n) is 3.65. The first kappa shape index (κ1) is 12.5. The molecule has 2 aromatic carbocycles. The summed E-state index contributed by atoms with van der Waals surface area (Å²) in [7, 11) is 0. The predicted molar refractivity (Wildman–Crippen MR) is 68.8 cm³/mol. The number of benzene rings is 2. The van der Waals surface area contributed by atoms with Gasteiger partial charge in [-0.3, -0.25) is 0 Å². The Hall–Kier alpha value is -1.99. The second kappa shape index (κ2) is 5.56. The first-order valence-corrected chi connectivity index (χ1v) is 6.29. The van der Waals surface area contributed by atoms with E-state index in [1.54, 1.807) is 30.3 Å². The fourth-order valence-electron chi connectivity index (χ4n) is 1.51. The van der Waals surface area contributed by atoms with E-state index >= 15 is 0 Å². The Kier molecular flexibility index (Phi) is 3.85. The van der Waals surface area contributed by atoms with Crippen LogP contribution in [0.3, 0.4) is 0 Å². The van der Waals surface area contributed by atoms with Crippen molar-refractivity contribution in [3.05, 3.63) is 59.4 Å². The third-order valence-electron chi connectivity index (χ3n) is 2.45. The number of aromatic hydroxyl groups is 1. The van der Waals surface area contributed by atoms with Gasteiger partial charge >= 0.3 is 0 Å². The summed E-state index contributed by atoms with van der Waals surface area (Å²) in [6.07, 6.45) is 0. The zero-order valence-electron chi connectivity index (χ0n) is 9.43. The smallest absolute Gasteiger partial charge is 0.144 e. The van der Waals surface area contributed by atoms with Crippen LogP contribution >= 0.6 is 11.8 Å². The molecule has 90 valence electrons. The quantitative estimate of drug-likeness (QED) is 0.855. The van der Waals surface area contributed by atoms with Crippen molar-refractivity contribution in [3.63, 3.8) is 0 Å². The van der Waals surface area contributed by atoms with E-state index in [9.17, 15) is 9.50 Å². The Labute approximate surface area is 109 Å². The standard InChI is InChI=1S/C14H10FNOS/c15-14-10(8-16)4-3-5-11(14)9-18-13-7-2-1-6-12(13)17/h1-7,17H,9H2. The molecule has 2 aromatic rings. The van der Waals surface area contributed by atoms with Crippen LogP contribution in [0, 0.1) is 17.1 Å². The number of phenols is 1. The van der Waals surface area contributed by atoms with Crippen LogP contribution in [0.5, 0.6) is 5.75 Å². The maximum Gasteiger partial charge on any atom is 0.144 e. The van der Waals surface area contributed by atoms with Crippen molar-refractivity contribution in [2.24, 2.45) is 0 Å². The third kappa shape index (κ3) is 2.63. The predicted octanol–water partition coefficient (Wildman–Crippen LogP) is 3.70. The highest BCUT2D eigenvalue weighted by Gasteiger charge is 2.08. The molecule has 4 heteroatoms. The molecule has 0 heterocycles. The molecule has 0 saturated carbocycles. The number of nitriles is 1. The Morgan fingerprint density at radius 2 is 1.94 bits per heavy atom. The molecule has 0 radical (unpaired) electrons. The van der Waals surface area contributed by atoms with E-state index in [4.69, 9.17) is 5.26 Å². The molecule has 0 bridgehead atoms. The van der Waals surface area contributed by atoms with E-state index in [0.29, 0.717) is 16.2 Å². The van der Waals surface area contributed by atoms with Crippen LogP contribution in [-0.2, 0) is 5.75 Å². The van der Waals surface area contributed by atoms with Gasteiger partial charge in [0.15, 0.2) is 0 Å². The monoisotopic (exact) mass is 259 g/mol. The average Bonchev–Trinajstić information content (AvgIpc) is 2.39. The molecule has 0 unspecified atom stereocenters. The molecule has 0 atom stereocenters. The lowest BCUT2D eigenvalue weighted by atomic mass is 10.1. The minimum Gasteiger partial charge on any atom is -0.507 e. The molecule has 0 saturated heterocycles. The van der Waals surface area contributed by atoms with Gasteiger partial charge in [-0.15, -0.1) is 11.8 Å². The fraction of sp³-hybridized carbons (Fsp3) is 0.0714. The molecule has 1 N–H and O–H groups in total. The zero-order chi connectivity index (χ0) is 13.0. The van der Waals surface area contributed by atoms with Gasteiger partial charge in [-0.05, 0) is 23.8 Å². The van der Waals surface area contributed by atoms with Crippen LogP contribution in [0.4, 0.5) is 4.39 Å². The summed E-state index contributed by atoms with van der Waals surface area (Å²) in [5, 5.41) is 18.3. The number of phenolic OH excluding ortho intramolecular Hbond substituents is 1. The number of hydrogen-bond donors (Lipinski definition) is 1. The highest BCUT2D eigenvalue weighted by Crippen LogP contribution is 2.31. The lowest BCUT2D eigenvalue weighted by Gasteiger charge is -2.05. The van der Waals surface area contributed by atoms with Gasteiger partial charge in [-0.2, -0.15) is 5.26 Å². The van der Waals surface area contributed by atoms with Crippen LogP contribution < -0.4 is 0 Å². The lowest BCUT2D eigenvalue weighted by Crippen LogP contribution is -1.91. The largest absolute Gasteiger partial charge is 0.507 e. The first-order valence-electron chi connectivity index (χ1n) is 5.30. The van der Waals surface area contributed by atoms with Crippen LogP contribution in [0.15, 0.2) is 47.4 Å². The molecule has 2 nitrogen and oxygen atoms in total. The Balaban J connectivity index is 2.17. The molecule has 2 rings (SSSR count). The van der Waals surface area contributed by atoms with Gasteiger partial charge < -0.3 is 5.11 Å². The van der Waals surface area contributed by atoms with E-state index in [1.807, 2.05) is 12.1 Å². The Morgan fingerprint density at radius 1 is 1.17 bits per heavy atom. The van der Waals surface area contributed by atoms with Crippen LogP contribution in [-0.4, -0.2) is 5.11 Å². The SMILES string of the molecule is N#Cc1cccc(CSc2ccccc2O)c1F. The molecule has 0 aliphatic rings. The van der Waals surface area contributed by atoms with E-state index < -0.39 is 5.82 Å². The summed E-state index contributed by atoms with van der Waals surface area (Å²) in [5.74, 6) is 0.0705. The molecule has 0 aromatic heterocycles. The second-order valence-corrected chi connectivity index (χ2v) is 4.66. The van der Waals surface area contributed by atoms with Crippen molar-refractivity contribution in [1.82, 2.24) is 0 Å². The highest BCUT2D eigenvalue weighted by atomic mass is 32.2. The van der Waals surface area contributed by atoms with Crippen molar-refractivity contribution in [1.29, 1.82) is 5.26 Å². The number of hydrogen-bond acceptors (Lipinski definition) is 3. The highest BCUT2D eigenvalue weighted by molar-refractivity contribution is 7.98. The van der Waals surface area contributed by atoms with Crippen LogP contribution in [0.2, 0.25) is 0 Å². The number of nitrogens with zero attached hydrogens (tertiary/aromatic N) is 1. The summed E-state index contributed by atoms with van der Waals surface area (Å²) in [6, 6.07) is 13.5. The van der Waals surface area contributed by atoms with Crippen molar-refractivity contribution >= 4 is 11.8 Å². The third-order valence-corrected chi connectivity index (χ3v) is 3.56. The normalized spacial score (nSPS) is 10.0. The van der Waals surface area contributed by atoms with Crippen LogP contribution in [0.1, 0.15) is 11.1 Å². The van der Waals surface area contributed by atoms with E-state index in [0.717, 1.165) is 0 Å². The van der Waals surface area contributed by atoms with Gasteiger partial charge in [0.1, 0.15) is 17.6 Å². The minimum absolute atomic E-state index is 0.0467. The maximum absolute atomic E-state index is 13.8. The number of thioether (sulfide) groups is 1. The van der Waals surface area contributed by atoms with Crippen molar-refractivity contribution < 1.29 is 9.50 Å². The van der Waals surface area contributed by atoms with E-state index in [2.05, 4.69) is 0 Å². The molecule has 0 aliphatic carbocycles. The number of para-hydroxylation sites is 1. The summed E-state index contributed by atoms with van der Waals surface area (Å²) in [6.45, 7) is 0. The summed E-state index contributed by atoms with van der Waals surface area (Å²) < 4.78 is 13.8. The fourth-order valence-corrected chi connectivity index (χ4v) is 2.44. The van der Waals surface area contributed by atoms with Crippen LogP contribution in [0.25, 0.3) is 0 Å². The van der Waals surface area contributed by atoms with Crippen molar-refractivity contribution in [2.75, 3.05) is 0 Å². The molecular weight excluding hydrogens is 249 g/mol. The molecule has 18 heavy (non-hydrogen) atoms. The minimum atomic E-state index is -0.483. The van der Waals surface area contributed by atoms with Gasteiger partial charge in [0.25, 0.3) is 0 Å². The maximum atomic E-state index is 13.8. The topological polar surface area (TPSA) is 44.0 Å². The van der Waals surface area contributed by atoms with Crippen molar-refractivity contribution in [3.8, 4) is 11.8 Å². The van der Waals surface area contributed by atoms with Gasteiger partial charge in [-0.25, -0.2) is 4.39 Å². The molecule has 0 fully saturated rings. The van der Waals surface area contributed by atoms with Gasteiger partial charge in [0.2, 0.25) is 0 Å². The molecule has 0 amide bonds. The Bertz CT molecular complexity index is 607. The number of halogens is 1. The number of rotatable bonds is 3. The summed E-state index contributed by atoms with van der Waals surface area (Å²) in [4.78, 5) is 0.694. The lowest BCUT2D eigenvalue weighted by molar-refractivity contribution is 0.462. The first-order chi connectivity index (χ1) is 8.72. The van der Waals surface area contributed by atoms with E-state index in [-0.39, 0.29) is 11.3 Å². The van der Waals surface area contributed by atoms with Gasteiger partial charge in [-0.1, -0.05) is 24.3 Å². The van der Waals surface area contributed by atoms with Gasteiger partial charge in [0.05, 0.1) is 5.56 Å². The molecular formula is C14H10FNOS.